The van der Waals surface area contributed by atoms with E-state index < -0.39 is 11.8 Å². The number of hydrogen-bond donors (Lipinski definition) is 0. The van der Waals surface area contributed by atoms with Crippen molar-refractivity contribution in [3.05, 3.63) is 36.0 Å². The van der Waals surface area contributed by atoms with E-state index in [0.29, 0.717) is 13.0 Å². The summed E-state index contributed by atoms with van der Waals surface area (Å²) in [5.41, 5.74) is 1.84. The van der Waals surface area contributed by atoms with E-state index in [1.807, 2.05) is 40.0 Å². The molecule has 0 amide bonds. The second-order valence-corrected chi connectivity index (χ2v) is 5.85. The summed E-state index contributed by atoms with van der Waals surface area (Å²) < 4.78 is 12.3. The van der Waals surface area contributed by atoms with Crippen LogP contribution in [0.15, 0.2) is 30.5 Å². The molecule has 108 valence electrons. The molecule has 4 heteroatoms. The van der Waals surface area contributed by atoms with Crippen LogP contribution in [0.5, 0.6) is 0 Å². The quantitative estimate of drug-likeness (QED) is 0.802. The summed E-state index contributed by atoms with van der Waals surface area (Å²) in [6, 6.07) is 8.19. The first-order chi connectivity index (χ1) is 9.37. The van der Waals surface area contributed by atoms with Crippen LogP contribution < -0.4 is 0 Å². The maximum Gasteiger partial charge on any atom is 0.508 e. The molecule has 1 heterocycles. The zero-order valence-electron chi connectivity index (χ0n) is 12.5. The Balaban J connectivity index is 1.95. The molecule has 1 aromatic carbocycles. The lowest BCUT2D eigenvalue weighted by Gasteiger charge is -2.18. The maximum absolute atomic E-state index is 11.5. The molecule has 1 aromatic heterocycles. The lowest BCUT2D eigenvalue weighted by atomic mass is 10.1. The van der Waals surface area contributed by atoms with Crippen LogP contribution in [0.25, 0.3) is 10.9 Å². The Bertz CT molecular complexity index is 608. The molecular formula is C16H21NO3. The predicted molar refractivity (Wildman–Crippen MR) is 78.8 cm³/mol. The van der Waals surface area contributed by atoms with E-state index in [2.05, 4.69) is 22.9 Å². The van der Waals surface area contributed by atoms with Gasteiger partial charge in [0.25, 0.3) is 0 Å². The van der Waals surface area contributed by atoms with Gasteiger partial charge in [-0.2, -0.15) is 0 Å². The van der Waals surface area contributed by atoms with Crippen molar-refractivity contribution in [1.29, 1.82) is 0 Å². The molecule has 0 aliphatic heterocycles. The first-order valence-electron chi connectivity index (χ1n) is 6.75. The van der Waals surface area contributed by atoms with Crippen LogP contribution in [0, 0.1) is 0 Å². The first kappa shape index (κ1) is 14.4. The number of carbonyl (C=O) groups excluding carboxylic acids is 1. The minimum Gasteiger partial charge on any atom is -0.434 e. The zero-order chi connectivity index (χ0) is 14.8. The summed E-state index contributed by atoms with van der Waals surface area (Å²) in [5.74, 6) is 0. The van der Waals surface area contributed by atoms with Crippen LogP contribution in [0.3, 0.4) is 0 Å². The highest BCUT2D eigenvalue weighted by Gasteiger charge is 2.17. The normalized spacial score (nSPS) is 11.6. The van der Waals surface area contributed by atoms with Gasteiger partial charge in [-0.1, -0.05) is 18.2 Å². The van der Waals surface area contributed by atoms with Crippen LogP contribution in [0.4, 0.5) is 4.79 Å². The molecule has 0 aliphatic rings. The molecule has 0 bridgehead atoms. The second kappa shape index (κ2) is 5.57. The Morgan fingerprint density at radius 3 is 2.65 bits per heavy atom. The van der Waals surface area contributed by atoms with Gasteiger partial charge in [-0.3, -0.25) is 0 Å². The average molecular weight is 275 g/mol. The van der Waals surface area contributed by atoms with E-state index in [0.717, 1.165) is 0 Å². The second-order valence-electron chi connectivity index (χ2n) is 5.85. The van der Waals surface area contributed by atoms with Crippen molar-refractivity contribution < 1.29 is 14.3 Å². The third kappa shape index (κ3) is 3.53. The van der Waals surface area contributed by atoms with Gasteiger partial charge in [0.1, 0.15) is 5.60 Å². The molecule has 0 fully saturated rings. The molecule has 0 saturated carbocycles. The Morgan fingerprint density at radius 1 is 1.25 bits per heavy atom. The van der Waals surface area contributed by atoms with Crippen LogP contribution in [0.2, 0.25) is 0 Å². The number of benzene rings is 1. The summed E-state index contributed by atoms with van der Waals surface area (Å²) in [5, 5.41) is 1.20. The van der Waals surface area contributed by atoms with E-state index in [9.17, 15) is 4.79 Å². The van der Waals surface area contributed by atoms with E-state index in [1.54, 1.807) is 0 Å². The highest BCUT2D eigenvalue weighted by atomic mass is 16.7. The predicted octanol–water partition coefficient (Wildman–Crippen LogP) is 3.67. The van der Waals surface area contributed by atoms with E-state index in [-0.39, 0.29) is 0 Å². The average Bonchev–Trinajstić information content (AvgIpc) is 2.65. The monoisotopic (exact) mass is 275 g/mol. The zero-order valence-corrected chi connectivity index (χ0v) is 12.5. The van der Waals surface area contributed by atoms with Crippen LogP contribution in [0.1, 0.15) is 26.3 Å². The summed E-state index contributed by atoms with van der Waals surface area (Å²) in [6.07, 6.45) is 2.14. The number of ether oxygens (including phenoxy) is 2. The van der Waals surface area contributed by atoms with Gasteiger partial charge in [-0.25, -0.2) is 4.79 Å². The highest BCUT2D eigenvalue weighted by Crippen LogP contribution is 2.20. The fourth-order valence-electron chi connectivity index (χ4n) is 2.15. The molecule has 0 unspecified atom stereocenters. The van der Waals surface area contributed by atoms with E-state index in [4.69, 9.17) is 9.47 Å². The first-order valence-corrected chi connectivity index (χ1v) is 6.75. The van der Waals surface area contributed by atoms with Gasteiger partial charge < -0.3 is 14.0 Å². The molecule has 0 N–H and O–H groups in total. The summed E-state index contributed by atoms with van der Waals surface area (Å²) in [7, 11) is 2.01. The van der Waals surface area contributed by atoms with Crippen LogP contribution in [-0.4, -0.2) is 22.9 Å². The Hall–Kier alpha value is -1.97. The van der Waals surface area contributed by atoms with Gasteiger partial charge in [-0.15, -0.1) is 0 Å². The minimum atomic E-state index is -0.613. The SMILES string of the molecule is Cn1cc(CCOC(=O)OC(C)(C)C)c2ccccc21. The lowest BCUT2D eigenvalue weighted by molar-refractivity contribution is -0.00659. The molecular weight excluding hydrogens is 254 g/mol. The number of aryl methyl sites for hydroxylation is 1. The van der Waals surface area contributed by atoms with Crippen molar-refractivity contribution in [2.45, 2.75) is 32.8 Å². The summed E-state index contributed by atoms with van der Waals surface area (Å²) >= 11 is 0. The number of fused-ring (bicyclic) bond motifs is 1. The number of para-hydroxylation sites is 1. The molecule has 0 atom stereocenters. The minimum absolute atomic E-state index is 0.322. The fraction of sp³-hybridized carbons (Fsp3) is 0.438. The maximum atomic E-state index is 11.5. The summed E-state index contributed by atoms with van der Waals surface area (Å²) in [4.78, 5) is 11.5. The summed E-state index contributed by atoms with van der Waals surface area (Å²) in [6.45, 7) is 5.78. The fourth-order valence-corrected chi connectivity index (χ4v) is 2.15. The molecule has 4 nitrogen and oxygen atoms in total. The Kier molecular flexibility index (Phi) is 4.02. The number of hydrogen-bond acceptors (Lipinski definition) is 3. The molecule has 0 saturated heterocycles. The number of carbonyl (C=O) groups is 1. The smallest absolute Gasteiger partial charge is 0.434 e. The van der Waals surface area contributed by atoms with E-state index >= 15 is 0 Å². The Morgan fingerprint density at radius 2 is 1.95 bits per heavy atom. The van der Waals surface area contributed by atoms with Crippen molar-refractivity contribution in [3.8, 4) is 0 Å². The van der Waals surface area contributed by atoms with Crippen molar-refractivity contribution in [2.24, 2.45) is 7.05 Å². The van der Waals surface area contributed by atoms with Crippen molar-refractivity contribution in [1.82, 2.24) is 4.57 Å². The molecule has 0 spiro atoms. The molecule has 0 radical (unpaired) electrons. The van der Waals surface area contributed by atoms with Gasteiger partial charge in [0.05, 0.1) is 6.61 Å². The Labute approximate surface area is 119 Å². The standard InChI is InChI=1S/C16H21NO3/c1-16(2,3)20-15(18)19-10-9-12-11-17(4)14-8-6-5-7-13(12)14/h5-8,11H,9-10H2,1-4H3. The number of nitrogens with zero attached hydrogens (tertiary/aromatic N) is 1. The number of aromatic nitrogens is 1. The molecule has 20 heavy (non-hydrogen) atoms. The van der Waals surface area contributed by atoms with Gasteiger partial charge in [0.15, 0.2) is 0 Å². The largest absolute Gasteiger partial charge is 0.508 e. The number of rotatable bonds is 3. The van der Waals surface area contributed by atoms with Crippen molar-refractivity contribution in [2.75, 3.05) is 6.61 Å². The third-order valence-electron chi connectivity index (χ3n) is 2.96. The van der Waals surface area contributed by atoms with Gasteiger partial charge in [-0.05, 0) is 32.4 Å². The topological polar surface area (TPSA) is 40.5 Å². The van der Waals surface area contributed by atoms with Gasteiger partial charge >= 0.3 is 6.16 Å². The molecule has 2 rings (SSSR count). The molecule has 2 aromatic rings. The van der Waals surface area contributed by atoms with Crippen molar-refractivity contribution >= 4 is 17.1 Å². The highest BCUT2D eigenvalue weighted by molar-refractivity contribution is 5.83. The van der Waals surface area contributed by atoms with Gasteiger partial charge in [0.2, 0.25) is 0 Å². The third-order valence-corrected chi connectivity index (χ3v) is 2.96. The van der Waals surface area contributed by atoms with Crippen LogP contribution in [-0.2, 0) is 22.9 Å². The van der Waals surface area contributed by atoms with Crippen molar-refractivity contribution in [3.63, 3.8) is 0 Å². The lowest BCUT2D eigenvalue weighted by Crippen LogP contribution is -2.24. The van der Waals surface area contributed by atoms with Crippen LogP contribution >= 0.6 is 0 Å². The van der Waals surface area contributed by atoms with Gasteiger partial charge in [0, 0.05) is 30.6 Å². The van der Waals surface area contributed by atoms with E-state index in [1.165, 1.54) is 16.5 Å². The molecule has 0 aliphatic carbocycles.